The minimum Gasteiger partial charge on any atom is -0.508 e. The van der Waals surface area contributed by atoms with E-state index in [1.165, 1.54) is 24.3 Å². The standard InChI is InChI=1S/C15H13N3.C7H6O3/c1-12-11-14(7-8-16-12)18-10-9-17-15(18)13-5-3-2-4-6-13;8-6-3-1-5(2-4-6)7(9)10/h2-11H,1H3;1-4,8H,(H,9,10). The first-order chi connectivity index (χ1) is 13.5. The van der Waals surface area contributed by atoms with E-state index in [2.05, 4.69) is 26.7 Å². The van der Waals surface area contributed by atoms with Crippen molar-refractivity contribution in [1.29, 1.82) is 0 Å². The SMILES string of the molecule is Cc1cc(-n2ccnc2-c2ccccc2)ccn1.O=C(O)c1ccc(O)cc1. The third kappa shape index (κ3) is 4.62. The van der Waals surface area contributed by atoms with E-state index < -0.39 is 5.97 Å². The number of phenolic OH excluding ortho intramolecular Hbond substituents is 1. The summed E-state index contributed by atoms with van der Waals surface area (Å²) in [4.78, 5) is 18.9. The number of carbonyl (C=O) groups is 1. The number of aryl methyl sites for hydroxylation is 1. The van der Waals surface area contributed by atoms with Crippen molar-refractivity contribution in [1.82, 2.24) is 14.5 Å². The molecule has 4 aromatic rings. The van der Waals surface area contributed by atoms with Crippen molar-refractivity contribution in [2.24, 2.45) is 0 Å². The Hall–Kier alpha value is -3.93. The van der Waals surface area contributed by atoms with E-state index in [1.54, 1.807) is 0 Å². The molecule has 0 fully saturated rings. The first kappa shape index (κ1) is 18.8. The third-order valence-electron chi connectivity index (χ3n) is 3.95. The average molecular weight is 373 g/mol. The maximum atomic E-state index is 10.2. The summed E-state index contributed by atoms with van der Waals surface area (Å²) in [5, 5.41) is 17.1. The third-order valence-corrected chi connectivity index (χ3v) is 3.95. The highest BCUT2D eigenvalue weighted by Crippen LogP contribution is 2.21. The lowest BCUT2D eigenvalue weighted by atomic mass is 10.2. The monoisotopic (exact) mass is 373 g/mol. The molecule has 6 heteroatoms. The molecule has 140 valence electrons. The molecule has 0 aliphatic heterocycles. The van der Waals surface area contributed by atoms with Gasteiger partial charge in [-0.2, -0.15) is 0 Å². The number of benzene rings is 2. The second-order valence-electron chi connectivity index (χ2n) is 5.99. The topological polar surface area (TPSA) is 88.2 Å². The molecule has 6 nitrogen and oxygen atoms in total. The Kier molecular flexibility index (Phi) is 5.81. The minimum absolute atomic E-state index is 0.0741. The van der Waals surface area contributed by atoms with Crippen molar-refractivity contribution in [2.45, 2.75) is 6.92 Å². The van der Waals surface area contributed by atoms with Crippen molar-refractivity contribution in [3.63, 3.8) is 0 Å². The van der Waals surface area contributed by atoms with Crippen LogP contribution in [0.25, 0.3) is 17.1 Å². The Morgan fingerprint density at radius 3 is 2.29 bits per heavy atom. The lowest BCUT2D eigenvalue weighted by Gasteiger charge is -2.08. The van der Waals surface area contributed by atoms with Gasteiger partial charge in [0.1, 0.15) is 11.6 Å². The molecule has 2 aromatic carbocycles. The van der Waals surface area contributed by atoms with Gasteiger partial charge in [0.2, 0.25) is 0 Å². The van der Waals surface area contributed by atoms with Crippen molar-refractivity contribution in [3.8, 4) is 22.8 Å². The summed E-state index contributed by atoms with van der Waals surface area (Å²) in [6.07, 6.45) is 5.61. The van der Waals surface area contributed by atoms with E-state index in [0.717, 1.165) is 22.8 Å². The molecule has 28 heavy (non-hydrogen) atoms. The van der Waals surface area contributed by atoms with E-state index in [-0.39, 0.29) is 11.3 Å². The van der Waals surface area contributed by atoms with Gasteiger partial charge in [0.05, 0.1) is 11.3 Å². The van der Waals surface area contributed by atoms with Crippen LogP contribution >= 0.6 is 0 Å². The Labute approximate surface area is 162 Å². The molecule has 0 saturated carbocycles. The summed E-state index contributed by atoms with van der Waals surface area (Å²) in [6.45, 7) is 1.99. The minimum atomic E-state index is -0.986. The van der Waals surface area contributed by atoms with Crippen LogP contribution in [0.15, 0.2) is 85.3 Å². The highest BCUT2D eigenvalue weighted by Gasteiger charge is 2.07. The molecule has 0 atom stereocenters. The Bertz CT molecular complexity index is 1060. The van der Waals surface area contributed by atoms with Gasteiger partial charge in [-0.15, -0.1) is 0 Å². The van der Waals surface area contributed by atoms with Crippen LogP contribution in [-0.2, 0) is 0 Å². The lowest BCUT2D eigenvalue weighted by molar-refractivity contribution is 0.0697. The van der Waals surface area contributed by atoms with Crippen molar-refractivity contribution in [3.05, 3.63) is 96.6 Å². The molecule has 0 aliphatic carbocycles. The number of carboxylic acid groups (broad SMARTS) is 1. The molecule has 0 aliphatic rings. The fourth-order valence-electron chi connectivity index (χ4n) is 2.60. The number of hydrogen-bond acceptors (Lipinski definition) is 4. The van der Waals surface area contributed by atoms with E-state index >= 15 is 0 Å². The van der Waals surface area contributed by atoms with Gasteiger partial charge in [-0.1, -0.05) is 30.3 Å². The average Bonchev–Trinajstić information content (AvgIpc) is 3.19. The summed E-state index contributed by atoms with van der Waals surface area (Å²) in [6, 6.07) is 19.6. The second kappa shape index (κ2) is 8.64. The van der Waals surface area contributed by atoms with Gasteiger partial charge in [0.25, 0.3) is 0 Å². The summed E-state index contributed by atoms with van der Waals surface area (Å²) in [7, 11) is 0. The number of imidazole rings is 1. The van der Waals surface area contributed by atoms with Crippen LogP contribution in [0, 0.1) is 6.92 Å². The number of phenols is 1. The fourth-order valence-corrected chi connectivity index (χ4v) is 2.60. The number of aromatic carboxylic acids is 1. The Balaban J connectivity index is 0.000000192. The number of pyridine rings is 1. The number of aromatic nitrogens is 3. The van der Waals surface area contributed by atoms with Crippen molar-refractivity contribution in [2.75, 3.05) is 0 Å². The Morgan fingerprint density at radius 1 is 0.929 bits per heavy atom. The van der Waals surface area contributed by atoms with E-state index in [1.807, 2.05) is 55.8 Å². The van der Waals surface area contributed by atoms with Crippen LogP contribution in [0.1, 0.15) is 16.1 Å². The molecule has 2 aromatic heterocycles. The number of aromatic hydroxyl groups is 1. The van der Waals surface area contributed by atoms with E-state index in [0.29, 0.717) is 0 Å². The normalized spacial score (nSPS) is 10.0. The van der Waals surface area contributed by atoms with Gasteiger partial charge < -0.3 is 10.2 Å². The molecular weight excluding hydrogens is 354 g/mol. The molecule has 0 saturated heterocycles. The predicted molar refractivity (Wildman–Crippen MR) is 107 cm³/mol. The second-order valence-corrected chi connectivity index (χ2v) is 5.99. The summed E-state index contributed by atoms with van der Waals surface area (Å²) in [5.74, 6) is 0.0335. The number of hydrogen-bond donors (Lipinski definition) is 2. The molecular formula is C22H19N3O3. The van der Waals surface area contributed by atoms with Gasteiger partial charge in [-0.3, -0.25) is 9.55 Å². The predicted octanol–water partition coefficient (Wildman–Crippen LogP) is 4.33. The zero-order valence-corrected chi connectivity index (χ0v) is 15.2. The fraction of sp³-hybridized carbons (Fsp3) is 0.0455. The number of carboxylic acids is 1. The van der Waals surface area contributed by atoms with Gasteiger partial charge in [0.15, 0.2) is 0 Å². The van der Waals surface area contributed by atoms with Crippen molar-refractivity contribution >= 4 is 5.97 Å². The highest BCUT2D eigenvalue weighted by molar-refractivity contribution is 5.87. The number of nitrogens with zero attached hydrogens (tertiary/aromatic N) is 3. The van der Waals surface area contributed by atoms with Gasteiger partial charge in [0, 0.05) is 29.8 Å². The first-order valence-corrected chi connectivity index (χ1v) is 8.59. The molecule has 0 unspecified atom stereocenters. The smallest absolute Gasteiger partial charge is 0.335 e. The van der Waals surface area contributed by atoms with E-state index in [9.17, 15) is 4.79 Å². The summed E-state index contributed by atoms with van der Waals surface area (Å²) < 4.78 is 2.07. The Morgan fingerprint density at radius 2 is 1.64 bits per heavy atom. The van der Waals surface area contributed by atoms with Crippen LogP contribution < -0.4 is 0 Å². The zero-order valence-electron chi connectivity index (χ0n) is 15.2. The lowest BCUT2D eigenvalue weighted by Crippen LogP contribution is -1.97. The molecule has 0 amide bonds. The molecule has 0 spiro atoms. The first-order valence-electron chi connectivity index (χ1n) is 8.59. The molecule has 0 radical (unpaired) electrons. The molecule has 2 heterocycles. The molecule has 0 bridgehead atoms. The van der Waals surface area contributed by atoms with Crippen molar-refractivity contribution < 1.29 is 15.0 Å². The van der Waals surface area contributed by atoms with Crippen LogP contribution in [-0.4, -0.2) is 30.7 Å². The van der Waals surface area contributed by atoms with E-state index in [4.69, 9.17) is 10.2 Å². The van der Waals surface area contributed by atoms with Crippen LogP contribution in [0.2, 0.25) is 0 Å². The summed E-state index contributed by atoms with van der Waals surface area (Å²) in [5.41, 5.74) is 3.37. The number of rotatable bonds is 3. The quantitative estimate of drug-likeness (QED) is 0.558. The van der Waals surface area contributed by atoms with Gasteiger partial charge in [-0.25, -0.2) is 9.78 Å². The van der Waals surface area contributed by atoms with Crippen LogP contribution in [0.3, 0.4) is 0 Å². The highest BCUT2D eigenvalue weighted by atomic mass is 16.4. The zero-order chi connectivity index (χ0) is 19.9. The largest absolute Gasteiger partial charge is 0.508 e. The van der Waals surface area contributed by atoms with Crippen LogP contribution in [0.4, 0.5) is 0 Å². The molecule has 2 N–H and O–H groups in total. The maximum Gasteiger partial charge on any atom is 0.335 e. The molecule has 4 rings (SSSR count). The van der Waals surface area contributed by atoms with Gasteiger partial charge >= 0.3 is 5.97 Å². The summed E-state index contributed by atoms with van der Waals surface area (Å²) >= 11 is 0. The van der Waals surface area contributed by atoms with Crippen LogP contribution in [0.5, 0.6) is 5.75 Å². The maximum absolute atomic E-state index is 10.2. The van der Waals surface area contributed by atoms with Gasteiger partial charge in [-0.05, 0) is 43.3 Å².